The van der Waals surface area contributed by atoms with Crippen molar-refractivity contribution in [3.8, 4) is 5.88 Å². The summed E-state index contributed by atoms with van der Waals surface area (Å²) in [5.74, 6) is 2.27. The van der Waals surface area contributed by atoms with Crippen LogP contribution in [0, 0.1) is 6.92 Å². The van der Waals surface area contributed by atoms with Crippen molar-refractivity contribution in [3.63, 3.8) is 0 Å². The summed E-state index contributed by atoms with van der Waals surface area (Å²) in [7, 11) is 3.68. The number of hydrogen-bond acceptors (Lipinski definition) is 7. The van der Waals surface area contributed by atoms with Gasteiger partial charge in [-0.2, -0.15) is 0 Å². The predicted molar refractivity (Wildman–Crippen MR) is 89.0 cm³/mol. The normalized spacial score (nSPS) is 17.9. The average molecular weight is 314 g/mol. The molecule has 1 atom stereocenters. The Kier molecular flexibility index (Phi) is 4.55. The number of likely N-dealkylation sites (N-methyl/N-ethyl adjacent to an activating group) is 1. The zero-order chi connectivity index (χ0) is 16.2. The Hall–Kier alpha value is -2.44. The smallest absolute Gasteiger partial charge is 0.225 e. The van der Waals surface area contributed by atoms with Crippen molar-refractivity contribution < 1.29 is 4.74 Å². The number of nitrogens with zero attached hydrogens (tertiary/aromatic N) is 6. The minimum atomic E-state index is 0.353. The zero-order valence-corrected chi connectivity index (χ0v) is 13.8. The predicted octanol–water partition coefficient (Wildman–Crippen LogP) is 1.69. The van der Waals surface area contributed by atoms with E-state index < -0.39 is 0 Å². The summed E-state index contributed by atoms with van der Waals surface area (Å²) >= 11 is 0. The second-order valence-electron chi connectivity index (χ2n) is 5.77. The number of aromatic nitrogens is 4. The average Bonchev–Trinajstić information content (AvgIpc) is 2.61. The van der Waals surface area contributed by atoms with Gasteiger partial charge in [-0.1, -0.05) is 0 Å². The number of aryl methyl sites for hydroxylation is 1. The highest BCUT2D eigenvalue weighted by molar-refractivity contribution is 5.43. The number of methoxy groups -OCH3 is 1. The number of anilines is 2. The molecule has 1 unspecified atom stereocenters. The van der Waals surface area contributed by atoms with Gasteiger partial charge < -0.3 is 14.5 Å². The Morgan fingerprint density at radius 3 is 2.96 bits per heavy atom. The highest BCUT2D eigenvalue weighted by Crippen LogP contribution is 2.23. The summed E-state index contributed by atoms with van der Waals surface area (Å²) in [6, 6.07) is 4.15. The van der Waals surface area contributed by atoms with Crippen molar-refractivity contribution in [1.82, 2.24) is 19.9 Å². The minimum absolute atomic E-state index is 0.353. The summed E-state index contributed by atoms with van der Waals surface area (Å²) in [5.41, 5.74) is 0.982. The van der Waals surface area contributed by atoms with Gasteiger partial charge in [-0.3, -0.25) is 0 Å². The molecule has 1 aliphatic heterocycles. The molecule has 2 aromatic heterocycles. The van der Waals surface area contributed by atoms with Gasteiger partial charge >= 0.3 is 0 Å². The molecule has 0 spiro atoms. The van der Waals surface area contributed by atoms with Crippen LogP contribution in [0.25, 0.3) is 0 Å². The van der Waals surface area contributed by atoms with E-state index in [-0.39, 0.29) is 0 Å². The van der Waals surface area contributed by atoms with Crippen LogP contribution in [0.4, 0.5) is 11.8 Å². The number of piperidine rings is 1. The van der Waals surface area contributed by atoms with Crippen LogP contribution in [0.5, 0.6) is 5.88 Å². The van der Waals surface area contributed by atoms with Gasteiger partial charge in [0, 0.05) is 44.1 Å². The summed E-state index contributed by atoms with van der Waals surface area (Å²) in [4.78, 5) is 21.8. The maximum atomic E-state index is 5.19. The Morgan fingerprint density at radius 1 is 1.30 bits per heavy atom. The standard InChI is InChI=1S/C16H22N6O/c1-12-6-7-17-16(20-12)21(2)13-5-4-8-22(10-13)14-9-15(23-3)19-11-18-14/h6-7,9,11,13H,4-5,8,10H2,1-3H3. The molecule has 0 aliphatic carbocycles. The van der Waals surface area contributed by atoms with E-state index in [1.165, 1.54) is 0 Å². The molecule has 0 bridgehead atoms. The molecule has 0 N–H and O–H groups in total. The fourth-order valence-electron chi connectivity index (χ4n) is 2.86. The van der Waals surface area contributed by atoms with Crippen molar-refractivity contribution in [3.05, 3.63) is 30.4 Å². The lowest BCUT2D eigenvalue weighted by Crippen LogP contribution is -2.47. The SMILES string of the molecule is COc1cc(N2CCCC(N(C)c3nccc(C)n3)C2)ncn1. The van der Waals surface area contributed by atoms with E-state index >= 15 is 0 Å². The van der Waals surface area contributed by atoms with Gasteiger partial charge in [0.25, 0.3) is 0 Å². The van der Waals surface area contributed by atoms with E-state index in [0.717, 1.165) is 43.4 Å². The molecule has 2 aromatic rings. The monoisotopic (exact) mass is 314 g/mol. The Balaban J connectivity index is 1.75. The molecule has 1 fully saturated rings. The largest absolute Gasteiger partial charge is 0.481 e. The molecule has 0 amide bonds. The number of rotatable bonds is 4. The first-order valence-corrected chi connectivity index (χ1v) is 7.81. The molecule has 3 rings (SSSR count). The molecule has 7 heteroatoms. The second kappa shape index (κ2) is 6.76. The third-order valence-corrected chi connectivity index (χ3v) is 4.20. The van der Waals surface area contributed by atoms with Crippen LogP contribution >= 0.6 is 0 Å². The first-order chi connectivity index (χ1) is 11.2. The molecule has 23 heavy (non-hydrogen) atoms. The van der Waals surface area contributed by atoms with Crippen molar-refractivity contribution in [2.75, 3.05) is 37.0 Å². The maximum absolute atomic E-state index is 5.19. The summed E-state index contributed by atoms with van der Waals surface area (Å²) in [6.07, 6.45) is 5.58. The summed E-state index contributed by atoms with van der Waals surface area (Å²) < 4.78 is 5.19. The Labute approximate surface area is 136 Å². The lowest BCUT2D eigenvalue weighted by molar-refractivity contribution is 0.396. The molecule has 3 heterocycles. The third kappa shape index (κ3) is 3.49. The van der Waals surface area contributed by atoms with Crippen LogP contribution in [0.15, 0.2) is 24.7 Å². The molecule has 7 nitrogen and oxygen atoms in total. The summed E-state index contributed by atoms with van der Waals surface area (Å²) in [5, 5.41) is 0. The van der Waals surface area contributed by atoms with Gasteiger partial charge in [0.15, 0.2) is 0 Å². The lowest BCUT2D eigenvalue weighted by Gasteiger charge is -2.38. The van der Waals surface area contributed by atoms with Crippen molar-refractivity contribution in [2.24, 2.45) is 0 Å². The fourth-order valence-corrected chi connectivity index (χ4v) is 2.86. The van der Waals surface area contributed by atoms with Crippen molar-refractivity contribution in [1.29, 1.82) is 0 Å². The van der Waals surface area contributed by atoms with Crippen LogP contribution < -0.4 is 14.5 Å². The number of hydrogen-bond donors (Lipinski definition) is 0. The molecule has 1 saturated heterocycles. The highest BCUT2D eigenvalue weighted by atomic mass is 16.5. The van der Waals surface area contributed by atoms with Crippen molar-refractivity contribution >= 4 is 11.8 Å². The molecular weight excluding hydrogens is 292 g/mol. The Morgan fingerprint density at radius 2 is 2.17 bits per heavy atom. The van der Waals surface area contributed by atoms with Gasteiger partial charge in [0.05, 0.1) is 7.11 Å². The molecule has 122 valence electrons. The van der Waals surface area contributed by atoms with Crippen LogP contribution in [0.1, 0.15) is 18.5 Å². The Bertz CT molecular complexity index is 665. The first-order valence-electron chi connectivity index (χ1n) is 7.81. The second-order valence-corrected chi connectivity index (χ2v) is 5.77. The van der Waals surface area contributed by atoms with E-state index in [1.807, 2.05) is 25.3 Å². The molecule has 1 aliphatic rings. The topological polar surface area (TPSA) is 67.3 Å². The molecule has 0 radical (unpaired) electrons. The van der Waals surface area contributed by atoms with E-state index in [4.69, 9.17) is 4.74 Å². The lowest BCUT2D eigenvalue weighted by atomic mass is 10.0. The van der Waals surface area contributed by atoms with Gasteiger partial charge in [0.2, 0.25) is 11.8 Å². The van der Waals surface area contributed by atoms with Crippen LogP contribution in [0.3, 0.4) is 0 Å². The van der Waals surface area contributed by atoms with E-state index in [0.29, 0.717) is 11.9 Å². The van der Waals surface area contributed by atoms with Gasteiger partial charge in [-0.15, -0.1) is 0 Å². The van der Waals surface area contributed by atoms with Gasteiger partial charge in [-0.25, -0.2) is 19.9 Å². The summed E-state index contributed by atoms with van der Waals surface area (Å²) in [6.45, 7) is 3.85. The van der Waals surface area contributed by atoms with Crippen molar-refractivity contribution in [2.45, 2.75) is 25.8 Å². The van der Waals surface area contributed by atoms with E-state index in [9.17, 15) is 0 Å². The molecule has 0 aromatic carbocycles. The first kappa shape index (κ1) is 15.5. The van der Waals surface area contributed by atoms with E-state index in [1.54, 1.807) is 13.4 Å². The van der Waals surface area contributed by atoms with Crippen LogP contribution in [-0.2, 0) is 0 Å². The minimum Gasteiger partial charge on any atom is -0.481 e. The van der Waals surface area contributed by atoms with Crippen LogP contribution in [0.2, 0.25) is 0 Å². The third-order valence-electron chi connectivity index (χ3n) is 4.20. The fraction of sp³-hybridized carbons (Fsp3) is 0.500. The highest BCUT2D eigenvalue weighted by Gasteiger charge is 2.25. The molecule has 0 saturated carbocycles. The van der Waals surface area contributed by atoms with E-state index in [2.05, 4.69) is 36.8 Å². The van der Waals surface area contributed by atoms with Gasteiger partial charge in [0.1, 0.15) is 12.1 Å². The quantitative estimate of drug-likeness (QED) is 0.850. The number of ether oxygens (including phenoxy) is 1. The molecular formula is C16H22N6O. The van der Waals surface area contributed by atoms with Gasteiger partial charge in [-0.05, 0) is 25.8 Å². The maximum Gasteiger partial charge on any atom is 0.225 e. The van der Waals surface area contributed by atoms with Crippen LogP contribution in [-0.4, -0.2) is 53.2 Å². The zero-order valence-electron chi connectivity index (χ0n) is 13.8.